The molecule has 0 radical (unpaired) electrons. The maximum absolute atomic E-state index is 11.1. The molecule has 524 valence electrons. The fourth-order valence-corrected chi connectivity index (χ4v) is 10.4. The van der Waals surface area contributed by atoms with Gasteiger partial charge in [0.05, 0.1) is 19.7 Å². The fourth-order valence-electron chi connectivity index (χ4n) is 9.75. The van der Waals surface area contributed by atoms with E-state index < -0.39 is 11.8 Å². The van der Waals surface area contributed by atoms with Crippen LogP contribution in [0.2, 0.25) is 0 Å². The molecule has 9 rings (SSSR count). The maximum Gasteiger partial charge on any atom is 0.248 e. The van der Waals surface area contributed by atoms with Crippen LogP contribution in [0.5, 0.6) is 57.5 Å². The first-order valence-corrected chi connectivity index (χ1v) is 36.4. The van der Waals surface area contributed by atoms with Crippen LogP contribution in [0.25, 0.3) is 14.5 Å². The van der Waals surface area contributed by atoms with Crippen molar-refractivity contribution < 1.29 is 57.7 Å². The van der Waals surface area contributed by atoms with Gasteiger partial charge in [-0.05, 0) is 143 Å². The largest absolute Gasteiger partial charge is 0.505 e. The van der Waals surface area contributed by atoms with E-state index in [-0.39, 0.29) is 35.9 Å². The molecule has 96 heavy (non-hydrogen) atoms. The maximum atomic E-state index is 11.1. The van der Waals surface area contributed by atoms with Gasteiger partial charge in [-0.25, -0.2) is 14.5 Å². The molecule has 0 saturated carbocycles. The van der Waals surface area contributed by atoms with Crippen molar-refractivity contribution in [3.63, 3.8) is 0 Å². The van der Waals surface area contributed by atoms with Crippen molar-refractivity contribution in [1.82, 2.24) is 0 Å². The Balaban J connectivity index is 0.000000299. The first kappa shape index (κ1) is 82.4. The van der Waals surface area contributed by atoms with Crippen LogP contribution in [0.4, 0.5) is 17.1 Å². The predicted molar refractivity (Wildman–Crippen MR) is 393 cm³/mol. The molecule has 4 aliphatic heterocycles. The highest BCUT2D eigenvalue weighted by atomic mass is 79.9. The molecule has 5 atom stereocenters. The number of carbonyl (C=O) groups is 2. The Kier molecular flexibility index (Phi) is 42.7. The number of aromatic hydroxyl groups is 2. The second-order valence-corrected chi connectivity index (χ2v) is 25.5. The van der Waals surface area contributed by atoms with Gasteiger partial charge in [-0.1, -0.05) is 181 Å². The molecular formula is C77H105Br2N5O12. The lowest BCUT2D eigenvalue weighted by Crippen LogP contribution is -2.29. The lowest BCUT2D eigenvalue weighted by atomic mass is 10.1. The molecule has 0 aromatic heterocycles. The number of primary amides is 2. The fraction of sp³-hybridized carbons (Fsp3) is 0.519. The monoisotopic (exact) mass is 1450 g/mol. The smallest absolute Gasteiger partial charge is 0.248 e. The third-order valence-corrected chi connectivity index (χ3v) is 17.8. The highest BCUT2D eigenvalue weighted by Crippen LogP contribution is 2.39. The van der Waals surface area contributed by atoms with Crippen molar-refractivity contribution in [1.29, 1.82) is 0 Å². The number of halogens is 2. The zero-order valence-corrected chi connectivity index (χ0v) is 60.7. The van der Waals surface area contributed by atoms with Crippen LogP contribution >= 0.6 is 31.9 Å². The van der Waals surface area contributed by atoms with Crippen LogP contribution in [0.1, 0.15) is 216 Å². The van der Waals surface area contributed by atoms with Crippen LogP contribution in [-0.2, 0) is 0 Å². The second-order valence-electron chi connectivity index (χ2n) is 23.5. The third kappa shape index (κ3) is 32.8. The standard InChI is InChI=1S/2C14H19NO3.2C14H17NO2.C7H14Br2.C7H5NO2.C7H14/c1-2-3-4-5-11-9-17-13-8-10(14(15)16)6-7-12(13)18-11;1-2-3-4-5-11-9-17-12-7-6-10(14(15)16)8-13(12)18-11;1-3-4-5-6-12-10-16-14-9-11(15-2)7-8-13(14)17-12;1-3-4-5-6-12-10-16-13-8-7-11(15-2)9-14(13)17-12;1-2-3-4-5-7(9)6-8;1-8-5-2-3-6(9)7(10)4-5;1-3-5-7-6-4-2/h2*6-8,11H,2-5,9H2,1H3,(H2,15,16);2*7-9,12H,3-6,10H2,1H3;7H,2-6H2,1H3;2-4,9-10H;3H,1,4-7H2,2H3. The summed E-state index contributed by atoms with van der Waals surface area (Å²) >= 11 is 6.98. The Bertz CT molecular complexity index is 3180. The number of benzene rings is 5. The molecule has 17 nitrogen and oxygen atoms in total. The van der Waals surface area contributed by atoms with Crippen molar-refractivity contribution >= 4 is 60.7 Å². The molecule has 0 aliphatic carbocycles. The van der Waals surface area contributed by atoms with Gasteiger partial charge in [0, 0.05) is 21.3 Å². The SMILES string of the molecule is C=CCCCCC.CCCCCC(Br)CBr.CCCCCC1COc2cc(C(N)=O)ccc2O1.CCCCCC1COc2ccc(C(N)=O)cc2O1.[C-]#[N+]c1ccc(O)c(O)c1.[C-]#[N+]c1ccc2c(c1)OC(CCCCC)CO2.[C-]#[N+]c1ccc2c(c1)OCC(CCCCC)O2. The quantitative estimate of drug-likeness (QED) is 0.0127. The van der Waals surface area contributed by atoms with Crippen molar-refractivity contribution in [3.05, 3.63) is 149 Å². The van der Waals surface area contributed by atoms with E-state index in [1.165, 1.54) is 134 Å². The Labute approximate surface area is 589 Å². The number of carbonyl (C=O) groups excluding carboxylic acids is 2. The van der Waals surface area contributed by atoms with E-state index in [0.717, 1.165) is 55.4 Å². The number of fused-ring (bicyclic) bond motifs is 4. The summed E-state index contributed by atoms with van der Waals surface area (Å²) in [5, 5.41) is 18.7. The van der Waals surface area contributed by atoms with E-state index in [1.54, 1.807) is 60.7 Å². The topological polar surface area (TPSA) is 214 Å². The van der Waals surface area contributed by atoms with Crippen molar-refractivity contribution in [2.75, 3.05) is 31.8 Å². The summed E-state index contributed by atoms with van der Waals surface area (Å²) in [7, 11) is 0. The minimum Gasteiger partial charge on any atom is -0.505 e. The molecule has 6 N–H and O–H groups in total. The molecule has 5 aromatic carbocycles. The van der Waals surface area contributed by atoms with E-state index in [1.807, 2.05) is 18.2 Å². The molecule has 0 spiro atoms. The Morgan fingerprint density at radius 1 is 0.469 bits per heavy atom. The van der Waals surface area contributed by atoms with Gasteiger partial charge in [0.25, 0.3) is 0 Å². The zero-order valence-electron chi connectivity index (χ0n) is 57.6. The minimum absolute atomic E-state index is 0.0761. The van der Waals surface area contributed by atoms with Crippen LogP contribution in [0.15, 0.2) is 104 Å². The van der Waals surface area contributed by atoms with Crippen molar-refractivity contribution in [2.45, 2.75) is 225 Å². The summed E-state index contributed by atoms with van der Waals surface area (Å²) in [5.41, 5.74) is 12.9. The lowest BCUT2D eigenvalue weighted by Gasteiger charge is -2.26. The molecule has 0 fully saturated rings. The number of rotatable bonds is 27. The Morgan fingerprint density at radius 2 is 0.802 bits per heavy atom. The minimum atomic E-state index is -0.452. The van der Waals surface area contributed by atoms with E-state index in [2.05, 4.69) is 94.5 Å². The van der Waals surface area contributed by atoms with Gasteiger partial charge < -0.3 is 59.6 Å². The summed E-state index contributed by atoms with van der Waals surface area (Å²) in [6.45, 7) is 39.6. The number of nitrogens with zero attached hydrogens (tertiary/aromatic N) is 3. The first-order chi connectivity index (χ1) is 46.5. The third-order valence-electron chi connectivity index (χ3n) is 15.3. The summed E-state index contributed by atoms with van der Waals surface area (Å²) in [6.07, 6.45) is 31.4. The van der Waals surface area contributed by atoms with E-state index in [9.17, 15) is 9.59 Å². The van der Waals surface area contributed by atoms with E-state index in [4.69, 9.17) is 79.3 Å². The first-order valence-electron chi connectivity index (χ1n) is 34.3. The van der Waals surface area contributed by atoms with Gasteiger partial charge >= 0.3 is 0 Å². The lowest BCUT2D eigenvalue weighted by molar-refractivity contribution is 0.0824. The summed E-state index contributed by atoms with van der Waals surface area (Å²) in [6, 6.07) is 24.7. The van der Waals surface area contributed by atoms with Gasteiger partial charge in [-0.2, -0.15) is 0 Å². The zero-order chi connectivity index (χ0) is 70.3. The van der Waals surface area contributed by atoms with Crippen LogP contribution < -0.4 is 49.4 Å². The van der Waals surface area contributed by atoms with Gasteiger partial charge in [-0.15, -0.1) is 6.58 Å². The molecule has 0 saturated heterocycles. The van der Waals surface area contributed by atoms with E-state index >= 15 is 0 Å². The molecule has 5 aromatic rings. The van der Waals surface area contributed by atoms with Crippen molar-refractivity contribution in [2.24, 2.45) is 11.5 Å². The van der Waals surface area contributed by atoms with Crippen LogP contribution in [-0.4, -0.2) is 83.0 Å². The highest BCUT2D eigenvalue weighted by Gasteiger charge is 2.25. The highest BCUT2D eigenvalue weighted by molar-refractivity contribution is 9.12. The molecule has 19 heteroatoms. The van der Waals surface area contributed by atoms with Crippen molar-refractivity contribution in [3.8, 4) is 57.5 Å². The molecule has 0 bridgehead atoms. The number of amides is 2. The number of phenolic OH excluding ortho intramolecular Hbond substituents is 2. The van der Waals surface area contributed by atoms with Crippen LogP contribution in [0, 0.1) is 19.7 Å². The predicted octanol–water partition coefficient (Wildman–Crippen LogP) is 21.1. The summed E-state index contributed by atoms with van der Waals surface area (Å²) < 4.78 is 45.9. The van der Waals surface area contributed by atoms with Gasteiger partial charge in [-0.3, -0.25) is 9.59 Å². The number of nitrogens with two attached hydrogens (primary N) is 2. The molecule has 5 unspecified atom stereocenters. The second kappa shape index (κ2) is 49.7. The van der Waals surface area contributed by atoms with Crippen LogP contribution in [0.3, 0.4) is 0 Å². The number of alkyl halides is 2. The number of allylic oxidation sites excluding steroid dienone is 1. The average Bonchev–Trinajstić information content (AvgIpc) is 1.13. The number of phenols is 2. The molecule has 2 amide bonds. The average molecular weight is 1450 g/mol. The summed E-state index contributed by atoms with van der Waals surface area (Å²) in [4.78, 5) is 32.7. The van der Waals surface area contributed by atoms with E-state index in [0.29, 0.717) is 93.9 Å². The normalized spacial score (nSPS) is 15.6. The number of ether oxygens (including phenoxy) is 8. The molecule has 4 aliphatic rings. The van der Waals surface area contributed by atoms with Gasteiger partial charge in [0.2, 0.25) is 11.8 Å². The number of hydrogen-bond acceptors (Lipinski definition) is 12. The van der Waals surface area contributed by atoms with Gasteiger partial charge in [0.1, 0.15) is 56.6 Å². The number of hydrogen-bond donors (Lipinski definition) is 4. The molecular weight excluding hydrogens is 1350 g/mol. The van der Waals surface area contributed by atoms with Gasteiger partial charge in [0.15, 0.2) is 68.8 Å². The molecule has 4 heterocycles. The Hall–Kier alpha value is -7.79. The summed E-state index contributed by atoms with van der Waals surface area (Å²) in [5.74, 6) is 4.20. The Morgan fingerprint density at radius 3 is 1.21 bits per heavy atom. The number of unbranched alkanes of at least 4 members (excludes halogenated alkanes) is 13.